The average Bonchev–Trinajstić information content (AvgIpc) is 3.52. The minimum Gasteiger partial charge on any atom is -0.391 e. The molecule has 0 unspecified atom stereocenters. The number of hydrogen-bond acceptors (Lipinski definition) is 5. The van der Waals surface area contributed by atoms with Gasteiger partial charge in [-0.05, 0) is 61.6 Å². The van der Waals surface area contributed by atoms with E-state index < -0.39 is 0 Å². The van der Waals surface area contributed by atoms with Crippen LogP contribution in [-0.2, 0) is 6.54 Å². The van der Waals surface area contributed by atoms with Crippen LogP contribution in [0.3, 0.4) is 0 Å². The maximum atomic E-state index is 13.4. The Labute approximate surface area is 197 Å². The van der Waals surface area contributed by atoms with Gasteiger partial charge in [0.05, 0.1) is 23.7 Å². The number of hydrogen-bond donors (Lipinski definition) is 1. The van der Waals surface area contributed by atoms with Crippen molar-refractivity contribution < 1.29 is 9.50 Å². The smallest absolute Gasteiger partial charge is 0.123 e. The molecule has 34 heavy (non-hydrogen) atoms. The van der Waals surface area contributed by atoms with E-state index in [4.69, 9.17) is 0 Å². The Hall–Kier alpha value is -3.49. The number of halogens is 1. The first kappa shape index (κ1) is 21.1. The molecule has 8 heteroatoms. The summed E-state index contributed by atoms with van der Waals surface area (Å²) in [5, 5.41) is 19.2. The van der Waals surface area contributed by atoms with Gasteiger partial charge in [0.1, 0.15) is 11.5 Å². The summed E-state index contributed by atoms with van der Waals surface area (Å²) in [7, 11) is 4.09. The molecule has 0 aliphatic carbocycles. The van der Waals surface area contributed by atoms with Crippen LogP contribution in [0.4, 0.5) is 10.1 Å². The number of nitrogens with zero attached hydrogens (tertiary/aromatic N) is 6. The normalized spacial score (nSPS) is 19.1. The van der Waals surface area contributed by atoms with Crippen molar-refractivity contribution in [1.82, 2.24) is 24.5 Å². The van der Waals surface area contributed by atoms with Gasteiger partial charge in [-0.2, -0.15) is 0 Å². The molecule has 2 aromatic heterocycles. The second kappa shape index (κ2) is 8.07. The Morgan fingerprint density at radius 3 is 2.65 bits per heavy atom. The zero-order chi connectivity index (χ0) is 23.4. The Morgan fingerprint density at radius 1 is 1.03 bits per heavy atom. The topological polar surface area (TPSA) is 62.3 Å². The van der Waals surface area contributed by atoms with E-state index in [9.17, 15) is 9.50 Å². The monoisotopic (exact) mass is 458 g/mol. The quantitative estimate of drug-likeness (QED) is 0.448. The summed E-state index contributed by atoms with van der Waals surface area (Å²) in [5.41, 5.74) is 7.18. The molecule has 0 amide bonds. The minimum atomic E-state index is -0.336. The number of β-amino-alcohol motifs (C(OH)–C–C–N with tert-alkyl or cyclic N) is 1. The predicted octanol–water partition coefficient (Wildman–Crippen LogP) is 3.26. The average molecular weight is 459 g/mol. The van der Waals surface area contributed by atoms with E-state index >= 15 is 0 Å². The highest BCUT2D eigenvalue weighted by atomic mass is 19.1. The van der Waals surface area contributed by atoms with Gasteiger partial charge in [-0.15, -0.1) is 5.10 Å². The highest BCUT2D eigenvalue weighted by Gasteiger charge is 2.32. The second-order valence-electron chi connectivity index (χ2n) is 9.59. The zero-order valence-electron chi connectivity index (χ0n) is 19.3. The molecular formula is C26H27FN6O. The Kier molecular flexibility index (Phi) is 5.00. The summed E-state index contributed by atoms with van der Waals surface area (Å²) >= 11 is 0. The number of aliphatic hydroxyl groups is 1. The highest BCUT2D eigenvalue weighted by molar-refractivity contribution is 5.73. The van der Waals surface area contributed by atoms with Crippen LogP contribution in [0.1, 0.15) is 5.56 Å². The van der Waals surface area contributed by atoms with E-state index in [0.717, 1.165) is 52.5 Å². The van der Waals surface area contributed by atoms with Crippen molar-refractivity contribution in [3.05, 3.63) is 72.3 Å². The number of benzene rings is 2. The van der Waals surface area contributed by atoms with Gasteiger partial charge in [0.2, 0.25) is 0 Å². The van der Waals surface area contributed by atoms with Gasteiger partial charge in [-0.1, -0.05) is 17.3 Å². The van der Waals surface area contributed by atoms with Crippen LogP contribution in [0.2, 0.25) is 0 Å². The molecule has 7 nitrogen and oxygen atoms in total. The third-order valence-corrected chi connectivity index (χ3v) is 6.89. The number of aromatic nitrogens is 4. The maximum absolute atomic E-state index is 13.4. The lowest BCUT2D eigenvalue weighted by Crippen LogP contribution is -2.29. The van der Waals surface area contributed by atoms with Gasteiger partial charge >= 0.3 is 0 Å². The fraction of sp³-hybridized carbons (Fsp3) is 0.308. The fourth-order valence-corrected chi connectivity index (χ4v) is 5.24. The third kappa shape index (κ3) is 3.59. The van der Waals surface area contributed by atoms with Crippen LogP contribution in [0, 0.1) is 11.7 Å². The summed E-state index contributed by atoms with van der Waals surface area (Å²) in [6.45, 7) is 3.01. The Balaban J connectivity index is 1.37. The summed E-state index contributed by atoms with van der Waals surface area (Å²) in [4.78, 5) is 4.40. The molecule has 1 fully saturated rings. The lowest BCUT2D eigenvalue weighted by molar-refractivity contribution is 0.130. The number of rotatable bonds is 4. The van der Waals surface area contributed by atoms with Gasteiger partial charge in [-0.3, -0.25) is 0 Å². The molecule has 2 aliphatic rings. The highest BCUT2D eigenvalue weighted by Crippen LogP contribution is 2.36. The lowest BCUT2D eigenvalue weighted by atomic mass is 10.1. The van der Waals surface area contributed by atoms with Crippen LogP contribution < -0.4 is 4.90 Å². The van der Waals surface area contributed by atoms with Crippen LogP contribution in [0.25, 0.3) is 28.2 Å². The molecule has 2 atom stereocenters. The zero-order valence-corrected chi connectivity index (χ0v) is 19.3. The van der Waals surface area contributed by atoms with Crippen LogP contribution in [-0.4, -0.2) is 69.4 Å². The van der Waals surface area contributed by atoms with E-state index in [1.165, 1.54) is 12.1 Å². The van der Waals surface area contributed by atoms with E-state index in [1.807, 2.05) is 18.8 Å². The molecule has 4 heterocycles. The summed E-state index contributed by atoms with van der Waals surface area (Å²) in [6.07, 6.45) is 3.55. The lowest BCUT2D eigenvalue weighted by Gasteiger charge is -2.21. The standard InChI is InChI=1S/C26H27FN6O/c1-30(2)12-20-15-31(16-26(20)34)22-7-8-23-19(9-22)14-32-13-18(17-3-5-21(27)6-4-17)10-24(32)25-11-28-29-33(23)25/h3-11,13,20,26,34H,12,14-16H2,1-2H3/t20-,26-/m1/s1. The van der Waals surface area contributed by atoms with Crippen molar-refractivity contribution in [2.24, 2.45) is 5.92 Å². The largest absolute Gasteiger partial charge is 0.391 e. The minimum absolute atomic E-state index is 0.227. The van der Waals surface area contributed by atoms with Gasteiger partial charge in [-0.25, -0.2) is 9.07 Å². The van der Waals surface area contributed by atoms with E-state index in [0.29, 0.717) is 13.1 Å². The molecule has 0 bridgehead atoms. The maximum Gasteiger partial charge on any atom is 0.123 e. The van der Waals surface area contributed by atoms with Crippen LogP contribution in [0.5, 0.6) is 0 Å². The van der Waals surface area contributed by atoms with E-state index in [1.54, 1.807) is 18.3 Å². The van der Waals surface area contributed by atoms with Crippen molar-refractivity contribution in [1.29, 1.82) is 0 Å². The van der Waals surface area contributed by atoms with Gasteiger partial charge in [0.15, 0.2) is 0 Å². The molecule has 4 aromatic rings. The Bertz CT molecular complexity index is 1340. The first-order valence-electron chi connectivity index (χ1n) is 11.5. The molecule has 6 rings (SSSR count). The first-order chi connectivity index (χ1) is 16.5. The SMILES string of the molecule is CN(C)C[C@@H]1CN(c2ccc3c(c2)Cn2cc(-c4ccc(F)cc4)cc2-c2cnnn2-3)C[C@H]1O. The molecule has 174 valence electrons. The van der Waals surface area contributed by atoms with Crippen molar-refractivity contribution in [2.45, 2.75) is 12.6 Å². The van der Waals surface area contributed by atoms with Crippen molar-refractivity contribution in [3.8, 4) is 28.2 Å². The molecule has 0 radical (unpaired) electrons. The molecular weight excluding hydrogens is 431 g/mol. The summed E-state index contributed by atoms with van der Waals surface area (Å²) in [6, 6.07) is 15.1. The van der Waals surface area contributed by atoms with Crippen molar-refractivity contribution in [2.75, 3.05) is 38.6 Å². The number of aliphatic hydroxyl groups excluding tert-OH is 1. The molecule has 0 saturated carbocycles. The molecule has 1 N–H and O–H groups in total. The molecule has 0 spiro atoms. The molecule has 2 aliphatic heterocycles. The van der Waals surface area contributed by atoms with E-state index in [-0.39, 0.29) is 17.8 Å². The summed E-state index contributed by atoms with van der Waals surface area (Å²) in [5.74, 6) is -0.0156. The number of anilines is 1. The Morgan fingerprint density at radius 2 is 1.85 bits per heavy atom. The fourth-order valence-electron chi connectivity index (χ4n) is 5.24. The van der Waals surface area contributed by atoms with Crippen LogP contribution in [0.15, 0.2) is 60.9 Å². The molecule has 2 aromatic carbocycles. The predicted molar refractivity (Wildman–Crippen MR) is 130 cm³/mol. The van der Waals surface area contributed by atoms with Gasteiger partial charge < -0.3 is 19.5 Å². The van der Waals surface area contributed by atoms with Crippen LogP contribution >= 0.6 is 0 Å². The first-order valence-corrected chi connectivity index (χ1v) is 11.5. The molecule has 1 saturated heterocycles. The third-order valence-electron chi connectivity index (χ3n) is 6.89. The second-order valence-corrected chi connectivity index (χ2v) is 9.59. The van der Waals surface area contributed by atoms with E-state index in [2.05, 4.69) is 55.1 Å². The van der Waals surface area contributed by atoms with Crippen molar-refractivity contribution in [3.63, 3.8) is 0 Å². The van der Waals surface area contributed by atoms with Gasteiger partial charge in [0.25, 0.3) is 0 Å². The van der Waals surface area contributed by atoms with Gasteiger partial charge in [0, 0.05) is 49.5 Å². The summed E-state index contributed by atoms with van der Waals surface area (Å²) < 4.78 is 17.5. The van der Waals surface area contributed by atoms with Crippen molar-refractivity contribution >= 4 is 5.69 Å². The number of fused-ring (bicyclic) bond motifs is 5.